The van der Waals surface area contributed by atoms with Crippen molar-refractivity contribution < 1.29 is 0 Å². The Morgan fingerprint density at radius 2 is 1.71 bits per heavy atom. The molecular weight excluding hydrogens is 294 g/mol. The Labute approximate surface area is 145 Å². The molecule has 3 heteroatoms. The fourth-order valence-electron chi connectivity index (χ4n) is 4.89. The van der Waals surface area contributed by atoms with Gasteiger partial charge in [-0.05, 0) is 50.4 Å². The predicted octanol–water partition coefficient (Wildman–Crippen LogP) is 4.45. The Bertz CT molecular complexity index is 648. The first-order valence-corrected chi connectivity index (χ1v) is 9.88. The highest BCUT2D eigenvalue weighted by Gasteiger charge is 2.37. The zero-order valence-electron chi connectivity index (χ0n) is 14.8. The van der Waals surface area contributed by atoms with E-state index < -0.39 is 0 Å². The number of hydrogen-bond donors (Lipinski definition) is 2. The number of para-hydroxylation sites is 1. The van der Waals surface area contributed by atoms with E-state index in [4.69, 9.17) is 0 Å². The molecule has 1 aromatic heterocycles. The van der Waals surface area contributed by atoms with Gasteiger partial charge in [0.25, 0.3) is 0 Å². The first kappa shape index (κ1) is 16.2. The normalized spacial score (nSPS) is 22.0. The van der Waals surface area contributed by atoms with Crippen molar-refractivity contribution in [2.45, 2.75) is 63.5 Å². The average molecular weight is 326 g/mol. The summed E-state index contributed by atoms with van der Waals surface area (Å²) in [6.45, 7) is 4.75. The van der Waals surface area contributed by atoms with Gasteiger partial charge in [0.2, 0.25) is 0 Å². The molecule has 1 aromatic carbocycles. The van der Waals surface area contributed by atoms with Crippen LogP contribution in [-0.4, -0.2) is 35.1 Å². The standard InChI is InChI=1S/C21H31N3/c1-5-11-21(12-6-1,24-13-7-2-8-14-24)17-22-15-18-16-23-20-10-4-3-9-19(18)20/h3-4,9-10,16,22-23H,1-2,5-8,11-15,17H2. The van der Waals surface area contributed by atoms with Gasteiger partial charge < -0.3 is 10.3 Å². The summed E-state index contributed by atoms with van der Waals surface area (Å²) in [5, 5.41) is 5.19. The van der Waals surface area contributed by atoms with E-state index in [0.29, 0.717) is 5.54 Å². The van der Waals surface area contributed by atoms with Crippen LogP contribution in [0, 0.1) is 0 Å². The minimum atomic E-state index is 0.421. The van der Waals surface area contributed by atoms with Crippen LogP contribution < -0.4 is 5.32 Å². The van der Waals surface area contributed by atoms with Gasteiger partial charge in [-0.2, -0.15) is 0 Å². The van der Waals surface area contributed by atoms with Crippen LogP contribution in [0.25, 0.3) is 10.9 Å². The number of piperidine rings is 1. The molecule has 24 heavy (non-hydrogen) atoms. The maximum atomic E-state index is 3.83. The molecule has 1 aliphatic carbocycles. The average Bonchev–Trinajstić information content (AvgIpc) is 3.07. The number of likely N-dealkylation sites (tertiary alicyclic amines) is 1. The molecule has 1 saturated carbocycles. The molecule has 2 fully saturated rings. The van der Waals surface area contributed by atoms with Crippen molar-refractivity contribution in [3.8, 4) is 0 Å². The summed E-state index contributed by atoms with van der Waals surface area (Å²) in [5.41, 5.74) is 3.07. The third-order valence-electron chi connectivity index (χ3n) is 6.26. The van der Waals surface area contributed by atoms with Crippen LogP contribution in [0.15, 0.2) is 30.5 Å². The fourth-order valence-corrected chi connectivity index (χ4v) is 4.89. The van der Waals surface area contributed by atoms with Crippen LogP contribution in [-0.2, 0) is 6.54 Å². The summed E-state index contributed by atoms with van der Waals surface area (Å²) in [4.78, 5) is 6.23. The smallest absolute Gasteiger partial charge is 0.0457 e. The van der Waals surface area contributed by atoms with Crippen molar-refractivity contribution in [3.05, 3.63) is 36.0 Å². The summed E-state index contributed by atoms with van der Waals surface area (Å²) in [7, 11) is 0. The van der Waals surface area contributed by atoms with Crippen LogP contribution in [0.3, 0.4) is 0 Å². The number of nitrogens with one attached hydrogen (secondary N) is 2. The van der Waals surface area contributed by atoms with Crippen LogP contribution >= 0.6 is 0 Å². The molecule has 0 radical (unpaired) electrons. The first-order valence-electron chi connectivity index (χ1n) is 9.88. The molecule has 0 unspecified atom stereocenters. The predicted molar refractivity (Wildman–Crippen MR) is 101 cm³/mol. The van der Waals surface area contributed by atoms with E-state index >= 15 is 0 Å². The van der Waals surface area contributed by atoms with Crippen molar-refractivity contribution in [2.75, 3.05) is 19.6 Å². The SMILES string of the molecule is c1ccc2c(CNCC3(N4CCCCC4)CCCCC3)c[nH]c2c1. The van der Waals surface area contributed by atoms with Crippen molar-refractivity contribution in [3.63, 3.8) is 0 Å². The fraction of sp³-hybridized carbons (Fsp3) is 0.619. The van der Waals surface area contributed by atoms with E-state index in [2.05, 4.69) is 45.7 Å². The summed E-state index contributed by atoms with van der Waals surface area (Å²) in [5.74, 6) is 0. The molecule has 0 amide bonds. The van der Waals surface area contributed by atoms with Gasteiger partial charge in [-0.1, -0.05) is 43.9 Å². The lowest BCUT2D eigenvalue weighted by Gasteiger charge is -2.48. The molecule has 130 valence electrons. The van der Waals surface area contributed by atoms with Gasteiger partial charge in [0.1, 0.15) is 0 Å². The Balaban J connectivity index is 1.43. The molecule has 0 bridgehead atoms. The third kappa shape index (κ3) is 3.25. The number of benzene rings is 1. The Kier molecular flexibility index (Phi) is 4.91. The number of fused-ring (bicyclic) bond motifs is 1. The molecule has 3 nitrogen and oxygen atoms in total. The van der Waals surface area contributed by atoms with E-state index in [1.165, 1.54) is 80.9 Å². The number of H-pyrrole nitrogens is 1. The Hall–Kier alpha value is -1.32. The van der Waals surface area contributed by atoms with Gasteiger partial charge in [0, 0.05) is 35.7 Å². The van der Waals surface area contributed by atoms with Crippen LogP contribution in [0.2, 0.25) is 0 Å². The summed E-state index contributed by atoms with van der Waals surface area (Å²) in [6, 6.07) is 8.62. The summed E-state index contributed by atoms with van der Waals surface area (Å²) < 4.78 is 0. The number of hydrogen-bond acceptors (Lipinski definition) is 2. The maximum Gasteiger partial charge on any atom is 0.0457 e. The van der Waals surface area contributed by atoms with Crippen molar-refractivity contribution in [2.24, 2.45) is 0 Å². The molecular formula is C21H31N3. The number of aromatic amines is 1. The van der Waals surface area contributed by atoms with Gasteiger partial charge in [0.05, 0.1) is 0 Å². The Morgan fingerprint density at radius 3 is 2.54 bits per heavy atom. The molecule has 0 atom stereocenters. The highest BCUT2D eigenvalue weighted by Crippen LogP contribution is 2.35. The molecule has 1 aliphatic heterocycles. The summed E-state index contributed by atoms with van der Waals surface area (Å²) in [6.07, 6.45) is 13.4. The zero-order valence-corrected chi connectivity index (χ0v) is 14.8. The number of rotatable bonds is 5. The minimum Gasteiger partial charge on any atom is -0.361 e. The van der Waals surface area contributed by atoms with Crippen molar-refractivity contribution >= 4 is 10.9 Å². The van der Waals surface area contributed by atoms with Gasteiger partial charge in [0.15, 0.2) is 0 Å². The molecule has 1 saturated heterocycles. The van der Waals surface area contributed by atoms with E-state index in [1.54, 1.807) is 0 Å². The molecule has 2 aliphatic rings. The molecule has 2 heterocycles. The second-order valence-electron chi connectivity index (χ2n) is 7.80. The largest absolute Gasteiger partial charge is 0.361 e. The van der Waals surface area contributed by atoms with E-state index in [1.807, 2.05) is 0 Å². The highest BCUT2D eigenvalue weighted by atomic mass is 15.2. The molecule has 0 spiro atoms. The van der Waals surface area contributed by atoms with Gasteiger partial charge in [-0.3, -0.25) is 4.90 Å². The van der Waals surface area contributed by atoms with Gasteiger partial charge in [-0.25, -0.2) is 0 Å². The number of aromatic nitrogens is 1. The van der Waals surface area contributed by atoms with E-state index in [9.17, 15) is 0 Å². The quantitative estimate of drug-likeness (QED) is 0.851. The zero-order chi connectivity index (χ0) is 16.2. The number of nitrogens with zero attached hydrogens (tertiary/aromatic N) is 1. The Morgan fingerprint density at radius 1 is 0.958 bits per heavy atom. The molecule has 4 rings (SSSR count). The lowest BCUT2D eigenvalue weighted by molar-refractivity contribution is 0.0333. The minimum absolute atomic E-state index is 0.421. The third-order valence-corrected chi connectivity index (χ3v) is 6.26. The topological polar surface area (TPSA) is 31.1 Å². The van der Waals surface area contributed by atoms with Gasteiger partial charge in [-0.15, -0.1) is 0 Å². The molecule has 2 aromatic rings. The van der Waals surface area contributed by atoms with Crippen LogP contribution in [0.1, 0.15) is 56.9 Å². The van der Waals surface area contributed by atoms with Gasteiger partial charge >= 0.3 is 0 Å². The van der Waals surface area contributed by atoms with Crippen LogP contribution in [0.4, 0.5) is 0 Å². The highest BCUT2D eigenvalue weighted by molar-refractivity contribution is 5.82. The monoisotopic (exact) mass is 325 g/mol. The summed E-state index contributed by atoms with van der Waals surface area (Å²) >= 11 is 0. The maximum absolute atomic E-state index is 3.83. The van der Waals surface area contributed by atoms with Crippen molar-refractivity contribution in [1.82, 2.24) is 15.2 Å². The lowest BCUT2D eigenvalue weighted by atomic mass is 9.79. The van der Waals surface area contributed by atoms with E-state index in [-0.39, 0.29) is 0 Å². The van der Waals surface area contributed by atoms with E-state index in [0.717, 1.165) is 13.1 Å². The lowest BCUT2D eigenvalue weighted by Crippen LogP contribution is -2.57. The molecule has 2 N–H and O–H groups in total. The second kappa shape index (κ2) is 7.28. The van der Waals surface area contributed by atoms with Crippen LogP contribution in [0.5, 0.6) is 0 Å². The second-order valence-corrected chi connectivity index (χ2v) is 7.80. The van der Waals surface area contributed by atoms with Crippen molar-refractivity contribution in [1.29, 1.82) is 0 Å². The first-order chi connectivity index (χ1) is 11.9.